The summed E-state index contributed by atoms with van der Waals surface area (Å²) in [6.07, 6.45) is 7.53. The summed E-state index contributed by atoms with van der Waals surface area (Å²) in [4.78, 5) is 11.3. The Kier molecular flexibility index (Phi) is 3.49. The molecule has 0 aromatic heterocycles. The summed E-state index contributed by atoms with van der Waals surface area (Å²) in [5.74, 6) is 0.417. The first-order valence-electron chi connectivity index (χ1n) is 8.16. The first-order chi connectivity index (χ1) is 9.45. The maximum Gasteiger partial charge on any atom is 0.172 e. The van der Waals surface area contributed by atoms with Gasteiger partial charge in [0.15, 0.2) is 5.79 Å². The summed E-state index contributed by atoms with van der Waals surface area (Å²) in [7, 11) is 0. The molecule has 1 heterocycles. The smallest absolute Gasteiger partial charge is 0.172 e. The van der Waals surface area contributed by atoms with Gasteiger partial charge in [-0.15, -0.1) is 0 Å². The van der Waals surface area contributed by atoms with Gasteiger partial charge in [0, 0.05) is 18.8 Å². The molecule has 3 aliphatic rings. The zero-order chi connectivity index (χ0) is 14.4. The summed E-state index contributed by atoms with van der Waals surface area (Å²) < 4.78 is 12.1. The second-order valence-electron chi connectivity index (χ2n) is 7.90. The Balaban J connectivity index is 1.98. The van der Waals surface area contributed by atoms with Crippen LogP contribution in [0.2, 0.25) is 0 Å². The number of ether oxygens (including phenoxy) is 2. The van der Waals surface area contributed by atoms with Gasteiger partial charge in [0.05, 0.1) is 13.2 Å². The molecule has 0 N–H and O–H groups in total. The Morgan fingerprint density at radius 2 is 1.80 bits per heavy atom. The van der Waals surface area contributed by atoms with Crippen LogP contribution in [0.25, 0.3) is 0 Å². The van der Waals surface area contributed by atoms with E-state index in [1.54, 1.807) is 0 Å². The molecule has 3 rings (SSSR count). The van der Waals surface area contributed by atoms with E-state index in [1.165, 1.54) is 25.7 Å². The van der Waals surface area contributed by atoms with E-state index in [2.05, 4.69) is 20.8 Å². The van der Waals surface area contributed by atoms with Crippen molar-refractivity contribution < 1.29 is 14.3 Å². The van der Waals surface area contributed by atoms with Crippen molar-refractivity contribution in [3.8, 4) is 0 Å². The average Bonchev–Trinajstić information content (AvgIpc) is 2.82. The second kappa shape index (κ2) is 4.81. The monoisotopic (exact) mass is 280 g/mol. The normalized spacial score (nSPS) is 42.4. The van der Waals surface area contributed by atoms with E-state index < -0.39 is 5.79 Å². The second-order valence-corrected chi connectivity index (χ2v) is 7.90. The third-order valence-electron chi connectivity index (χ3n) is 6.49. The quantitative estimate of drug-likeness (QED) is 0.726. The highest BCUT2D eigenvalue weighted by Gasteiger charge is 2.61. The average molecular weight is 280 g/mol. The minimum absolute atomic E-state index is 0.172. The van der Waals surface area contributed by atoms with E-state index >= 15 is 0 Å². The van der Waals surface area contributed by atoms with Crippen molar-refractivity contribution in [1.82, 2.24) is 0 Å². The Morgan fingerprint density at radius 1 is 1.10 bits per heavy atom. The van der Waals surface area contributed by atoms with Gasteiger partial charge in [-0.2, -0.15) is 0 Å². The fourth-order valence-electron chi connectivity index (χ4n) is 5.69. The molecule has 114 valence electrons. The number of carbonyl (C=O) groups is 1. The van der Waals surface area contributed by atoms with Gasteiger partial charge >= 0.3 is 0 Å². The lowest BCUT2D eigenvalue weighted by Crippen LogP contribution is -2.59. The van der Waals surface area contributed by atoms with Crippen molar-refractivity contribution in [2.24, 2.45) is 22.7 Å². The molecule has 20 heavy (non-hydrogen) atoms. The molecule has 2 aliphatic carbocycles. The van der Waals surface area contributed by atoms with Crippen LogP contribution in [-0.2, 0) is 14.3 Å². The zero-order valence-electron chi connectivity index (χ0n) is 13.1. The minimum atomic E-state index is -0.473. The minimum Gasteiger partial charge on any atom is -0.347 e. The summed E-state index contributed by atoms with van der Waals surface area (Å²) in [5, 5.41) is 0. The van der Waals surface area contributed by atoms with Gasteiger partial charge < -0.3 is 14.3 Å². The number of hydrogen-bond acceptors (Lipinski definition) is 3. The highest BCUT2D eigenvalue weighted by Crippen LogP contribution is 2.63. The number of hydrogen-bond donors (Lipinski definition) is 0. The van der Waals surface area contributed by atoms with Gasteiger partial charge in [-0.05, 0) is 36.0 Å². The zero-order valence-corrected chi connectivity index (χ0v) is 13.1. The number of carbonyl (C=O) groups excluding carboxylic acids is 1. The summed E-state index contributed by atoms with van der Waals surface area (Å²) in [5.41, 5.74) is 0.541. The van der Waals surface area contributed by atoms with Crippen LogP contribution in [0.1, 0.15) is 59.3 Å². The molecule has 3 atom stereocenters. The third-order valence-corrected chi connectivity index (χ3v) is 6.49. The van der Waals surface area contributed by atoms with E-state index in [9.17, 15) is 4.79 Å². The Bertz CT molecular complexity index is 384. The fraction of sp³-hybridized carbons (Fsp3) is 0.941. The summed E-state index contributed by atoms with van der Waals surface area (Å²) in [6, 6.07) is 0. The van der Waals surface area contributed by atoms with Crippen molar-refractivity contribution in [1.29, 1.82) is 0 Å². The molecule has 3 heteroatoms. The van der Waals surface area contributed by atoms with Crippen LogP contribution in [-0.4, -0.2) is 25.3 Å². The van der Waals surface area contributed by atoms with Crippen LogP contribution in [0, 0.1) is 22.7 Å². The summed E-state index contributed by atoms with van der Waals surface area (Å²) in [6.45, 7) is 8.56. The predicted octanol–water partition coefficient (Wildman–Crippen LogP) is 3.56. The van der Waals surface area contributed by atoms with Gasteiger partial charge in [-0.3, -0.25) is 0 Å². The molecule has 0 unspecified atom stereocenters. The molecule has 0 amide bonds. The lowest BCUT2D eigenvalue weighted by atomic mass is 9.46. The standard InChI is InChI=1S/C17H28O3/c1-15(2)7-4-8-16(3)13(15)5-9-17(14(16)6-10-18)19-11-12-20-17/h10,13-14H,4-9,11-12H2,1-3H3/t13-,14+,16-/m0/s1. The SMILES string of the molecule is CC1(C)CCC[C@@]2(C)[C@H]1CCC1(OCCO1)[C@@H]2CC=O. The van der Waals surface area contributed by atoms with Crippen molar-refractivity contribution in [3.05, 3.63) is 0 Å². The highest BCUT2D eigenvalue weighted by molar-refractivity contribution is 5.50. The maximum atomic E-state index is 11.3. The van der Waals surface area contributed by atoms with Gasteiger partial charge in [0.2, 0.25) is 0 Å². The molecule has 0 radical (unpaired) electrons. The van der Waals surface area contributed by atoms with E-state index in [4.69, 9.17) is 9.47 Å². The number of rotatable bonds is 2. The molecule has 3 fully saturated rings. The molecule has 1 aliphatic heterocycles. The predicted molar refractivity (Wildman–Crippen MR) is 77.3 cm³/mol. The van der Waals surface area contributed by atoms with E-state index in [0.717, 1.165) is 12.7 Å². The van der Waals surface area contributed by atoms with Gasteiger partial charge in [-0.25, -0.2) is 0 Å². The van der Waals surface area contributed by atoms with Crippen LogP contribution >= 0.6 is 0 Å². The van der Waals surface area contributed by atoms with Crippen molar-refractivity contribution in [3.63, 3.8) is 0 Å². The van der Waals surface area contributed by atoms with E-state index in [0.29, 0.717) is 31.0 Å². The molecular weight excluding hydrogens is 252 g/mol. The van der Waals surface area contributed by atoms with Crippen LogP contribution in [0.15, 0.2) is 0 Å². The molecule has 0 aromatic carbocycles. The largest absolute Gasteiger partial charge is 0.347 e. The lowest BCUT2D eigenvalue weighted by molar-refractivity contribution is -0.271. The van der Waals surface area contributed by atoms with Gasteiger partial charge in [0.1, 0.15) is 6.29 Å². The maximum absolute atomic E-state index is 11.3. The first-order valence-corrected chi connectivity index (χ1v) is 8.16. The van der Waals surface area contributed by atoms with Crippen LogP contribution in [0.3, 0.4) is 0 Å². The Labute approximate surface area is 122 Å². The van der Waals surface area contributed by atoms with E-state index in [-0.39, 0.29) is 11.3 Å². The van der Waals surface area contributed by atoms with Gasteiger partial charge in [0.25, 0.3) is 0 Å². The topological polar surface area (TPSA) is 35.5 Å². The number of fused-ring (bicyclic) bond motifs is 1. The first kappa shape index (κ1) is 14.5. The molecule has 3 nitrogen and oxygen atoms in total. The van der Waals surface area contributed by atoms with Gasteiger partial charge in [-0.1, -0.05) is 27.2 Å². The molecule has 2 saturated carbocycles. The fourth-order valence-corrected chi connectivity index (χ4v) is 5.69. The van der Waals surface area contributed by atoms with Crippen molar-refractivity contribution >= 4 is 6.29 Å². The molecule has 1 spiro atoms. The third kappa shape index (κ3) is 1.97. The molecular formula is C17H28O3. The number of aldehydes is 1. The lowest BCUT2D eigenvalue weighted by Gasteiger charge is -2.61. The van der Waals surface area contributed by atoms with Crippen LogP contribution < -0.4 is 0 Å². The molecule has 0 bridgehead atoms. The van der Waals surface area contributed by atoms with Crippen LogP contribution in [0.4, 0.5) is 0 Å². The summed E-state index contributed by atoms with van der Waals surface area (Å²) >= 11 is 0. The van der Waals surface area contributed by atoms with Crippen LogP contribution in [0.5, 0.6) is 0 Å². The molecule has 0 aromatic rings. The molecule has 1 saturated heterocycles. The van der Waals surface area contributed by atoms with E-state index in [1.807, 2.05) is 0 Å². The van der Waals surface area contributed by atoms with Crippen molar-refractivity contribution in [2.45, 2.75) is 65.1 Å². The highest BCUT2D eigenvalue weighted by atomic mass is 16.7. The Hall–Kier alpha value is -0.410. The van der Waals surface area contributed by atoms with Crippen molar-refractivity contribution in [2.75, 3.05) is 13.2 Å². The Morgan fingerprint density at radius 3 is 2.45 bits per heavy atom.